The Hall–Kier alpha value is -4.06. The number of nitrogens with one attached hydrogen (secondary N) is 1. The number of hydrogen-bond acceptors (Lipinski definition) is 5. The topological polar surface area (TPSA) is 116 Å². The third kappa shape index (κ3) is 4.16. The van der Waals surface area contributed by atoms with Gasteiger partial charge in [0.1, 0.15) is 23.8 Å². The Morgan fingerprint density at radius 2 is 2.00 bits per heavy atom. The fourth-order valence-corrected chi connectivity index (χ4v) is 4.42. The second-order valence-electron chi connectivity index (χ2n) is 8.49. The second kappa shape index (κ2) is 8.62. The van der Waals surface area contributed by atoms with Gasteiger partial charge in [-0.05, 0) is 36.8 Å². The Labute approximate surface area is 197 Å². The number of carbonyl (C=O) groups is 3. The van der Waals surface area contributed by atoms with E-state index in [0.717, 1.165) is 22.6 Å². The highest BCUT2D eigenvalue weighted by Crippen LogP contribution is 2.34. The Balaban J connectivity index is 1.58. The highest BCUT2D eigenvalue weighted by molar-refractivity contribution is 6.12. The summed E-state index contributed by atoms with van der Waals surface area (Å²) in [5.74, 6) is -2.48. The van der Waals surface area contributed by atoms with Crippen LogP contribution in [0.1, 0.15) is 11.3 Å². The summed E-state index contributed by atoms with van der Waals surface area (Å²) in [4.78, 5) is 41.5. The molecule has 2 aliphatic rings. The number of hydrogen-bond donors (Lipinski definition) is 2. The molecule has 5 rings (SSSR count). The van der Waals surface area contributed by atoms with Gasteiger partial charge >= 0.3 is 12.1 Å². The molecule has 2 saturated heterocycles. The molecule has 10 nitrogen and oxygen atoms in total. The molecule has 0 unspecified atom stereocenters. The first-order valence-corrected chi connectivity index (χ1v) is 10.9. The molecule has 4 heterocycles. The number of rotatable bonds is 4. The fraction of sp³-hybridized carbons (Fsp3) is 0.304. The van der Waals surface area contributed by atoms with Gasteiger partial charge in [0.05, 0.1) is 41.9 Å². The molecule has 2 aromatic heterocycles. The first-order valence-electron chi connectivity index (χ1n) is 10.9. The number of carbonyl (C=O) groups excluding carboxylic acids is 2. The third-order valence-corrected chi connectivity index (χ3v) is 6.08. The number of urea groups is 1. The number of morpholine rings is 1. The molecule has 182 valence electrons. The SMILES string of the molecule is Cc1ccn2c(C[C@H]3CN(C(=O)O)CCO3)c(-c3c(F)cc(N4CC(=O)NC4=O)cc3F)nc2c1. The molecule has 2 aliphatic heterocycles. The van der Waals surface area contributed by atoms with Crippen LogP contribution in [0.5, 0.6) is 0 Å². The van der Waals surface area contributed by atoms with Crippen molar-refractivity contribution in [2.75, 3.05) is 31.1 Å². The monoisotopic (exact) mass is 485 g/mol. The van der Waals surface area contributed by atoms with Crippen LogP contribution < -0.4 is 10.2 Å². The lowest BCUT2D eigenvalue weighted by atomic mass is 10.0. The largest absolute Gasteiger partial charge is 0.465 e. The number of fused-ring (bicyclic) bond motifs is 1. The average molecular weight is 485 g/mol. The Morgan fingerprint density at radius 3 is 2.66 bits per heavy atom. The maximum atomic E-state index is 15.4. The molecule has 12 heteroatoms. The molecule has 0 saturated carbocycles. The first-order chi connectivity index (χ1) is 16.7. The maximum absolute atomic E-state index is 15.4. The summed E-state index contributed by atoms with van der Waals surface area (Å²) >= 11 is 0. The van der Waals surface area contributed by atoms with Crippen LogP contribution in [-0.4, -0.2) is 69.8 Å². The van der Waals surface area contributed by atoms with Crippen LogP contribution in [0, 0.1) is 18.6 Å². The molecule has 2 fully saturated rings. The Bertz CT molecular complexity index is 1350. The van der Waals surface area contributed by atoms with Crippen molar-refractivity contribution in [3.05, 3.63) is 53.4 Å². The number of imidazole rings is 1. The molecule has 1 atom stereocenters. The summed E-state index contributed by atoms with van der Waals surface area (Å²) < 4.78 is 38.2. The van der Waals surface area contributed by atoms with Crippen molar-refractivity contribution in [2.24, 2.45) is 0 Å². The molecule has 0 bridgehead atoms. The standard InChI is InChI=1S/C23H21F2N5O5/c1-12-2-3-29-17(9-14-10-28(23(33)34)4-5-35-14)21(26-18(29)6-12)20-15(24)7-13(8-16(20)25)30-11-19(31)27-22(30)32/h2-3,6-8,14H,4-5,9-11H2,1H3,(H,33,34)(H,27,31,32)/t14-/m0/s1. The number of benzene rings is 1. The number of nitrogens with zero attached hydrogens (tertiary/aromatic N) is 4. The minimum Gasteiger partial charge on any atom is -0.465 e. The van der Waals surface area contributed by atoms with Gasteiger partial charge in [-0.1, -0.05) is 0 Å². The predicted octanol–water partition coefficient (Wildman–Crippen LogP) is 2.57. The molecule has 35 heavy (non-hydrogen) atoms. The lowest BCUT2D eigenvalue weighted by molar-refractivity contribution is -0.117. The molecule has 3 aromatic rings. The van der Waals surface area contributed by atoms with Gasteiger partial charge in [0.25, 0.3) is 0 Å². The van der Waals surface area contributed by atoms with E-state index >= 15 is 8.78 Å². The highest BCUT2D eigenvalue weighted by Gasteiger charge is 2.32. The van der Waals surface area contributed by atoms with Crippen LogP contribution >= 0.6 is 0 Å². The van der Waals surface area contributed by atoms with E-state index in [2.05, 4.69) is 10.3 Å². The number of anilines is 1. The zero-order valence-corrected chi connectivity index (χ0v) is 18.6. The molecule has 2 N–H and O–H groups in total. The van der Waals surface area contributed by atoms with E-state index in [1.807, 2.05) is 13.0 Å². The van der Waals surface area contributed by atoms with E-state index in [1.54, 1.807) is 16.7 Å². The summed E-state index contributed by atoms with van der Waals surface area (Å²) in [5.41, 5.74) is 1.39. The van der Waals surface area contributed by atoms with Crippen LogP contribution in [0.4, 0.5) is 24.1 Å². The summed E-state index contributed by atoms with van der Waals surface area (Å²) in [7, 11) is 0. The minimum atomic E-state index is -1.07. The number of aryl methyl sites for hydroxylation is 1. The van der Waals surface area contributed by atoms with Gasteiger partial charge in [-0.25, -0.2) is 23.4 Å². The van der Waals surface area contributed by atoms with Crippen molar-refractivity contribution in [3.8, 4) is 11.3 Å². The summed E-state index contributed by atoms with van der Waals surface area (Å²) in [6.45, 7) is 2.07. The fourth-order valence-electron chi connectivity index (χ4n) is 4.42. The lowest BCUT2D eigenvalue weighted by Crippen LogP contribution is -2.45. The van der Waals surface area contributed by atoms with Crippen molar-refractivity contribution in [1.29, 1.82) is 0 Å². The third-order valence-electron chi connectivity index (χ3n) is 6.08. The predicted molar refractivity (Wildman–Crippen MR) is 119 cm³/mol. The van der Waals surface area contributed by atoms with Crippen molar-refractivity contribution >= 4 is 29.4 Å². The van der Waals surface area contributed by atoms with Crippen LogP contribution in [-0.2, 0) is 16.0 Å². The molecule has 0 spiro atoms. The van der Waals surface area contributed by atoms with Crippen molar-refractivity contribution < 1.29 is 33.0 Å². The number of carboxylic acid groups (broad SMARTS) is 1. The first kappa shape index (κ1) is 22.7. The van der Waals surface area contributed by atoms with Crippen molar-refractivity contribution in [2.45, 2.75) is 19.4 Å². The molecule has 0 radical (unpaired) electrons. The van der Waals surface area contributed by atoms with Crippen molar-refractivity contribution in [1.82, 2.24) is 19.6 Å². The van der Waals surface area contributed by atoms with Gasteiger partial charge in [0, 0.05) is 19.2 Å². The molecule has 0 aliphatic carbocycles. The van der Waals surface area contributed by atoms with E-state index in [4.69, 9.17) is 4.74 Å². The van der Waals surface area contributed by atoms with Crippen LogP contribution in [0.25, 0.3) is 16.9 Å². The lowest BCUT2D eigenvalue weighted by Gasteiger charge is -2.31. The molecule has 4 amide bonds. The van der Waals surface area contributed by atoms with E-state index in [0.29, 0.717) is 11.3 Å². The van der Waals surface area contributed by atoms with Gasteiger partial charge in [-0.15, -0.1) is 0 Å². The van der Waals surface area contributed by atoms with Gasteiger partial charge in [0.15, 0.2) is 0 Å². The van der Waals surface area contributed by atoms with Gasteiger partial charge in [-0.2, -0.15) is 0 Å². The number of halogens is 2. The number of amides is 4. The van der Waals surface area contributed by atoms with Crippen LogP contribution in [0.2, 0.25) is 0 Å². The maximum Gasteiger partial charge on any atom is 0.407 e. The summed E-state index contributed by atoms with van der Waals surface area (Å²) in [6.07, 6.45) is 0.292. The van der Waals surface area contributed by atoms with Crippen LogP contribution in [0.15, 0.2) is 30.5 Å². The van der Waals surface area contributed by atoms with Gasteiger partial charge in [0.2, 0.25) is 5.91 Å². The minimum absolute atomic E-state index is 0.0511. The number of ether oxygens (including phenoxy) is 1. The Morgan fingerprint density at radius 1 is 1.26 bits per heavy atom. The zero-order chi connectivity index (χ0) is 24.9. The molecule has 1 aromatic carbocycles. The summed E-state index contributed by atoms with van der Waals surface area (Å²) in [6, 6.07) is 4.80. The summed E-state index contributed by atoms with van der Waals surface area (Å²) in [5, 5.41) is 11.4. The normalized spacial score (nSPS) is 18.4. The average Bonchev–Trinajstić information content (AvgIpc) is 3.32. The smallest absolute Gasteiger partial charge is 0.407 e. The Kier molecular flexibility index (Phi) is 5.59. The van der Waals surface area contributed by atoms with E-state index in [9.17, 15) is 19.5 Å². The quantitative estimate of drug-likeness (QED) is 0.549. The van der Waals surface area contributed by atoms with Crippen LogP contribution in [0.3, 0.4) is 0 Å². The number of aromatic nitrogens is 2. The van der Waals surface area contributed by atoms with E-state index < -0.39 is 35.8 Å². The number of imide groups is 1. The van der Waals surface area contributed by atoms with Gasteiger partial charge < -0.3 is 19.1 Å². The van der Waals surface area contributed by atoms with E-state index in [1.165, 1.54) is 4.90 Å². The molecular weight excluding hydrogens is 464 g/mol. The molecular formula is C23H21F2N5O5. The van der Waals surface area contributed by atoms with Gasteiger partial charge in [-0.3, -0.25) is 15.0 Å². The highest BCUT2D eigenvalue weighted by atomic mass is 19.1. The van der Waals surface area contributed by atoms with E-state index in [-0.39, 0.29) is 49.6 Å². The number of pyridine rings is 1. The second-order valence-corrected chi connectivity index (χ2v) is 8.49. The van der Waals surface area contributed by atoms with Crippen molar-refractivity contribution in [3.63, 3.8) is 0 Å². The zero-order valence-electron chi connectivity index (χ0n) is 18.6.